The van der Waals surface area contributed by atoms with E-state index in [1.165, 1.54) is 21.6 Å². The van der Waals surface area contributed by atoms with E-state index in [-0.39, 0.29) is 5.54 Å². The van der Waals surface area contributed by atoms with Crippen molar-refractivity contribution in [3.8, 4) is 0 Å². The predicted molar refractivity (Wildman–Crippen MR) is 83.5 cm³/mol. The predicted octanol–water partition coefficient (Wildman–Crippen LogP) is 4.34. The number of hydrogen-bond donors (Lipinski definition) is 1. The van der Waals surface area contributed by atoms with Gasteiger partial charge in [-0.25, -0.2) is 0 Å². The van der Waals surface area contributed by atoms with Crippen LogP contribution in [0.3, 0.4) is 0 Å². The molecule has 0 heterocycles. The van der Waals surface area contributed by atoms with Crippen molar-refractivity contribution in [3.63, 3.8) is 0 Å². The number of thioether (sulfide) groups is 1. The van der Waals surface area contributed by atoms with Gasteiger partial charge in [-0.2, -0.15) is 0 Å². The maximum absolute atomic E-state index is 4.14. The van der Waals surface area contributed by atoms with Crippen molar-refractivity contribution >= 4 is 11.8 Å². The van der Waals surface area contributed by atoms with E-state index in [1.54, 1.807) is 0 Å². The van der Waals surface area contributed by atoms with Crippen molar-refractivity contribution in [2.45, 2.75) is 45.1 Å². The van der Waals surface area contributed by atoms with Gasteiger partial charge in [0.2, 0.25) is 0 Å². The molecule has 1 N–H and O–H groups in total. The van der Waals surface area contributed by atoms with Crippen LogP contribution >= 0.6 is 11.8 Å². The largest absolute Gasteiger partial charge is 0.308 e. The highest BCUT2D eigenvalue weighted by atomic mass is 32.2. The second-order valence-corrected chi connectivity index (χ2v) is 6.93. The van der Waals surface area contributed by atoms with Crippen molar-refractivity contribution < 1.29 is 0 Å². The molecule has 0 saturated carbocycles. The fourth-order valence-electron chi connectivity index (χ4n) is 1.58. The highest BCUT2D eigenvalue weighted by molar-refractivity contribution is 7.99. The fourth-order valence-corrected chi connectivity index (χ4v) is 2.49. The van der Waals surface area contributed by atoms with Crippen LogP contribution in [-0.2, 0) is 0 Å². The Morgan fingerprint density at radius 3 is 2.50 bits per heavy atom. The Hall–Kier alpha value is -0.730. The van der Waals surface area contributed by atoms with Gasteiger partial charge in [0.05, 0.1) is 0 Å². The van der Waals surface area contributed by atoms with E-state index >= 15 is 0 Å². The molecule has 2 heteroatoms. The first kappa shape index (κ1) is 15.3. The number of benzene rings is 1. The van der Waals surface area contributed by atoms with Crippen LogP contribution in [0.2, 0.25) is 0 Å². The van der Waals surface area contributed by atoms with Gasteiger partial charge in [-0.1, -0.05) is 29.8 Å². The summed E-state index contributed by atoms with van der Waals surface area (Å²) in [6.45, 7) is 15.9. The smallest absolute Gasteiger partial charge is 0.0200 e. The maximum atomic E-state index is 4.14. The Labute approximate surface area is 116 Å². The van der Waals surface area contributed by atoms with Gasteiger partial charge < -0.3 is 5.32 Å². The second-order valence-electron chi connectivity index (χ2n) is 5.91. The number of hydrogen-bond acceptors (Lipinski definition) is 2. The minimum Gasteiger partial charge on any atom is -0.308 e. The zero-order chi connectivity index (χ0) is 13.8. The van der Waals surface area contributed by atoms with Crippen molar-refractivity contribution in [2.24, 2.45) is 0 Å². The van der Waals surface area contributed by atoms with Crippen molar-refractivity contribution in [1.29, 1.82) is 0 Å². The monoisotopic (exact) mass is 263 g/mol. The summed E-state index contributed by atoms with van der Waals surface area (Å²) in [4.78, 5) is 1.36. The number of aryl methyl sites for hydroxylation is 2. The Morgan fingerprint density at radius 1 is 1.28 bits per heavy atom. The lowest BCUT2D eigenvalue weighted by atomic mass is 10.1. The van der Waals surface area contributed by atoms with E-state index in [9.17, 15) is 0 Å². The minimum atomic E-state index is 0.160. The molecular formula is C16H25NS. The Morgan fingerprint density at radius 2 is 1.94 bits per heavy atom. The van der Waals surface area contributed by atoms with E-state index in [0.29, 0.717) is 0 Å². The molecule has 0 saturated heterocycles. The Bertz CT molecular complexity index is 416. The van der Waals surface area contributed by atoms with Crippen LogP contribution in [0.15, 0.2) is 35.2 Å². The van der Waals surface area contributed by atoms with Crippen LogP contribution in [0.1, 0.15) is 31.9 Å². The molecule has 0 aliphatic heterocycles. The molecule has 1 aromatic rings. The summed E-state index contributed by atoms with van der Waals surface area (Å²) >= 11 is 1.87. The molecule has 0 fully saturated rings. The summed E-state index contributed by atoms with van der Waals surface area (Å²) in [5.74, 6) is 0.979. The first-order chi connectivity index (χ1) is 8.28. The molecule has 0 aromatic heterocycles. The molecule has 0 unspecified atom stereocenters. The highest BCUT2D eigenvalue weighted by Crippen LogP contribution is 2.24. The topological polar surface area (TPSA) is 12.0 Å². The standard InChI is InChI=1S/C16H25NS/c1-12-7-8-15(14(3)9-12)18-11-13(2)10-17-16(4,5)6/h7-9,17H,2,10-11H2,1,3-6H3. The maximum Gasteiger partial charge on any atom is 0.0200 e. The normalized spacial score (nSPS) is 11.6. The van der Waals surface area contributed by atoms with Gasteiger partial charge in [0.1, 0.15) is 0 Å². The molecular weight excluding hydrogens is 238 g/mol. The summed E-state index contributed by atoms with van der Waals surface area (Å²) in [5.41, 5.74) is 4.09. The van der Waals surface area contributed by atoms with Crippen LogP contribution < -0.4 is 5.32 Å². The highest BCUT2D eigenvalue weighted by Gasteiger charge is 2.09. The molecule has 1 rings (SSSR count). The molecule has 0 amide bonds. The van der Waals surface area contributed by atoms with E-state index < -0.39 is 0 Å². The molecule has 0 spiro atoms. The third-order valence-electron chi connectivity index (χ3n) is 2.63. The van der Waals surface area contributed by atoms with Crippen LogP contribution in [0.25, 0.3) is 0 Å². The lowest BCUT2D eigenvalue weighted by Crippen LogP contribution is -2.37. The van der Waals surface area contributed by atoms with Gasteiger partial charge in [-0.05, 0) is 46.2 Å². The van der Waals surface area contributed by atoms with Gasteiger partial charge in [0, 0.05) is 22.7 Å². The summed E-state index contributed by atoms with van der Waals surface area (Å²) < 4.78 is 0. The average Bonchev–Trinajstić information content (AvgIpc) is 2.24. The quantitative estimate of drug-likeness (QED) is 0.626. The SMILES string of the molecule is C=C(CNC(C)(C)C)CSc1ccc(C)cc1C. The van der Waals surface area contributed by atoms with Crippen LogP contribution in [0, 0.1) is 13.8 Å². The summed E-state index contributed by atoms with van der Waals surface area (Å²) in [6.07, 6.45) is 0. The van der Waals surface area contributed by atoms with Gasteiger partial charge in [0.15, 0.2) is 0 Å². The van der Waals surface area contributed by atoms with Crippen molar-refractivity contribution in [2.75, 3.05) is 12.3 Å². The summed E-state index contributed by atoms with van der Waals surface area (Å²) in [6, 6.07) is 6.61. The van der Waals surface area contributed by atoms with Crippen LogP contribution in [0.5, 0.6) is 0 Å². The van der Waals surface area contributed by atoms with Gasteiger partial charge >= 0.3 is 0 Å². The number of nitrogens with one attached hydrogen (secondary N) is 1. The number of rotatable bonds is 5. The molecule has 0 bridgehead atoms. The van der Waals surface area contributed by atoms with Crippen LogP contribution in [0.4, 0.5) is 0 Å². The third kappa shape index (κ3) is 5.74. The van der Waals surface area contributed by atoms with Gasteiger partial charge in [-0.3, -0.25) is 0 Å². The first-order valence-corrected chi connectivity index (χ1v) is 7.38. The minimum absolute atomic E-state index is 0.160. The zero-order valence-electron chi connectivity index (χ0n) is 12.3. The van der Waals surface area contributed by atoms with E-state index in [2.05, 4.69) is 64.7 Å². The zero-order valence-corrected chi connectivity index (χ0v) is 13.1. The summed E-state index contributed by atoms with van der Waals surface area (Å²) in [7, 11) is 0. The molecule has 18 heavy (non-hydrogen) atoms. The van der Waals surface area contributed by atoms with E-state index in [1.807, 2.05) is 11.8 Å². The second kappa shape index (κ2) is 6.44. The molecule has 0 radical (unpaired) electrons. The first-order valence-electron chi connectivity index (χ1n) is 6.40. The molecule has 0 aliphatic carbocycles. The van der Waals surface area contributed by atoms with E-state index in [4.69, 9.17) is 0 Å². The third-order valence-corrected chi connectivity index (χ3v) is 3.95. The molecule has 100 valence electrons. The van der Waals surface area contributed by atoms with Crippen LogP contribution in [-0.4, -0.2) is 17.8 Å². The Balaban J connectivity index is 2.43. The lowest BCUT2D eigenvalue weighted by molar-refractivity contribution is 0.445. The van der Waals surface area contributed by atoms with Gasteiger partial charge in [-0.15, -0.1) is 11.8 Å². The molecule has 1 aromatic carbocycles. The lowest BCUT2D eigenvalue weighted by Gasteiger charge is -2.21. The van der Waals surface area contributed by atoms with E-state index in [0.717, 1.165) is 12.3 Å². The van der Waals surface area contributed by atoms with Crippen molar-refractivity contribution in [3.05, 3.63) is 41.5 Å². The van der Waals surface area contributed by atoms with Crippen molar-refractivity contribution in [1.82, 2.24) is 5.32 Å². The molecule has 1 nitrogen and oxygen atoms in total. The fraction of sp³-hybridized carbons (Fsp3) is 0.500. The molecule has 0 aliphatic rings. The molecule has 0 atom stereocenters. The summed E-state index contributed by atoms with van der Waals surface area (Å²) in [5, 5.41) is 3.47. The van der Waals surface area contributed by atoms with Gasteiger partial charge in [0.25, 0.3) is 0 Å². The Kier molecular flexibility index (Phi) is 5.48. The average molecular weight is 263 g/mol.